The summed E-state index contributed by atoms with van der Waals surface area (Å²) in [5.74, 6) is 1.04. The van der Waals surface area contributed by atoms with Crippen LogP contribution in [0.25, 0.3) is 0 Å². The van der Waals surface area contributed by atoms with Crippen LogP contribution in [-0.2, 0) is 17.9 Å². The van der Waals surface area contributed by atoms with Crippen LogP contribution < -0.4 is 5.32 Å². The van der Waals surface area contributed by atoms with Crippen molar-refractivity contribution in [3.05, 3.63) is 48.0 Å². The molecule has 1 fully saturated rings. The molecule has 6 heteroatoms. The van der Waals surface area contributed by atoms with Crippen molar-refractivity contribution in [3.63, 3.8) is 0 Å². The summed E-state index contributed by atoms with van der Waals surface area (Å²) < 4.78 is 1.99. The molecule has 0 spiro atoms. The van der Waals surface area contributed by atoms with Gasteiger partial charge in [0.25, 0.3) is 0 Å². The molecule has 25 heavy (non-hydrogen) atoms. The molecule has 134 valence electrons. The predicted molar refractivity (Wildman–Crippen MR) is 96.6 cm³/mol. The van der Waals surface area contributed by atoms with E-state index in [0.29, 0.717) is 12.3 Å². The second kappa shape index (κ2) is 7.78. The number of aromatic nitrogens is 3. The van der Waals surface area contributed by atoms with E-state index in [1.54, 1.807) is 6.20 Å². The number of hydrogen-bond acceptors (Lipinski definition) is 4. The molecule has 1 saturated heterocycles. The van der Waals surface area contributed by atoms with Crippen molar-refractivity contribution in [2.24, 2.45) is 11.8 Å². The summed E-state index contributed by atoms with van der Waals surface area (Å²) in [6.07, 6.45) is 8.22. The lowest BCUT2D eigenvalue weighted by molar-refractivity contribution is -0.127. The molecule has 6 nitrogen and oxygen atoms in total. The normalized spacial score (nSPS) is 20.6. The zero-order chi connectivity index (χ0) is 17.8. The molecule has 1 N–H and O–H groups in total. The molecule has 1 aliphatic heterocycles. The van der Waals surface area contributed by atoms with Gasteiger partial charge in [-0.3, -0.25) is 14.5 Å². The van der Waals surface area contributed by atoms with E-state index in [-0.39, 0.29) is 17.9 Å². The topological polar surface area (TPSA) is 63.1 Å². The Morgan fingerprint density at radius 1 is 1.36 bits per heavy atom. The minimum Gasteiger partial charge on any atom is -0.338 e. The minimum absolute atomic E-state index is 0.0948. The van der Waals surface area contributed by atoms with E-state index in [9.17, 15) is 4.79 Å². The van der Waals surface area contributed by atoms with E-state index in [4.69, 9.17) is 0 Å². The van der Waals surface area contributed by atoms with E-state index < -0.39 is 0 Å². The van der Waals surface area contributed by atoms with Crippen molar-refractivity contribution in [2.75, 3.05) is 13.6 Å². The molecule has 0 radical (unpaired) electrons. The summed E-state index contributed by atoms with van der Waals surface area (Å²) in [5, 5.41) is 7.90. The highest BCUT2D eigenvalue weighted by Gasteiger charge is 2.38. The molecule has 1 amide bonds. The van der Waals surface area contributed by atoms with E-state index in [1.165, 1.54) is 5.56 Å². The quantitative estimate of drug-likeness (QED) is 0.839. The van der Waals surface area contributed by atoms with Crippen LogP contribution in [0, 0.1) is 11.8 Å². The number of nitrogens with one attached hydrogen (secondary N) is 1. The standard InChI is InChI=1S/C19H27N5O/c1-14(2)12-24-13-15(9-22-24)8-21-11-17-7-18(25)23(3)19(17)16-5-4-6-20-10-16/h4-6,9-10,13-14,17,19,21H,7-8,11-12H2,1-3H3/t17-,19-/m0/s1. The van der Waals surface area contributed by atoms with Gasteiger partial charge in [0.05, 0.1) is 12.2 Å². The third-order valence-electron chi connectivity index (χ3n) is 4.69. The second-order valence-corrected chi connectivity index (χ2v) is 7.30. The van der Waals surface area contributed by atoms with Crippen LogP contribution in [0.4, 0.5) is 0 Å². The van der Waals surface area contributed by atoms with Crippen LogP contribution in [0.15, 0.2) is 36.9 Å². The van der Waals surface area contributed by atoms with Crippen molar-refractivity contribution < 1.29 is 4.79 Å². The summed E-state index contributed by atoms with van der Waals surface area (Å²) in [6.45, 7) is 6.87. The minimum atomic E-state index is 0.0948. The van der Waals surface area contributed by atoms with Crippen LogP contribution in [0.1, 0.15) is 37.4 Å². The zero-order valence-electron chi connectivity index (χ0n) is 15.2. The van der Waals surface area contributed by atoms with Gasteiger partial charge in [0.1, 0.15) is 0 Å². The molecule has 2 atom stereocenters. The number of carbonyl (C=O) groups is 1. The Hall–Kier alpha value is -2.21. The molecule has 0 saturated carbocycles. The number of hydrogen-bond donors (Lipinski definition) is 1. The summed E-state index contributed by atoms with van der Waals surface area (Å²) in [6, 6.07) is 4.08. The predicted octanol–water partition coefficient (Wildman–Crippen LogP) is 2.24. The SMILES string of the molecule is CC(C)Cn1cc(CNC[C@@H]2CC(=O)N(C)[C@H]2c2cccnc2)cn1. The molecule has 0 aliphatic carbocycles. The number of rotatable bonds is 7. The summed E-state index contributed by atoms with van der Waals surface area (Å²) in [4.78, 5) is 18.2. The van der Waals surface area contributed by atoms with Crippen molar-refractivity contribution in [2.45, 2.75) is 39.4 Å². The molecule has 2 aromatic heterocycles. The Labute approximate surface area is 149 Å². The molecule has 3 heterocycles. The Morgan fingerprint density at radius 3 is 2.92 bits per heavy atom. The second-order valence-electron chi connectivity index (χ2n) is 7.30. The highest BCUT2D eigenvalue weighted by Crippen LogP contribution is 2.36. The Kier molecular flexibility index (Phi) is 5.48. The van der Waals surface area contributed by atoms with Gasteiger partial charge in [0.15, 0.2) is 0 Å². The van der Waals surface area contributed by atoms with Gasteiger partial charge in [0.2, 0.25) is 5.91 Å². The van der Waals surface area contributed by atoms with Crippen LogP contribution in [0.3, 0.4) is 0 Å². The largest absolute Gasteiger partial charge is 0.338 e. The van der Waals surface area contributed by atoms with Gasteiger partial charge >= 0.3 is 0 Å². The Morgan fingerprint density at radius 2 is 2.20 bits per heavy atom. The van der Waals surface area contributed by atoms with Gasteiger partial charge in [-0.15, -0.1) is 0 Å². The van der Waals surface area contributed by atoms with Crippen LogP contribution >= 0.6 is 0 Å². The number of carbonyl (C=O) groups excluding carboxylic acids is 1. The van der Waals surface area contributed by atoms with Gasteiger partial charge in [0, 0.05) is 63.2 Å². The van der Waals surface area contributed by atoms with Gasteiger partial charge in [-0.25, -0.2) is 0 Å². The first-order chi connectivity index (χ1) is 12.0. The number of amides is 1. The smallest absolute Gasteiger partial charge is 0.223 e. The molecule has 3 rings (SSSR count). The van der Waals surface area contributed by atoms with Gasteiger partial charge in [-0.05, 0) is 17.5 Å². The average Bonchev–Trinajstić information content (AvgIpc) is 3.13. The van der Waals surface area contributed by atoms with Gasteiger partial charge in [-0.2, -0.15) is 5.10 Å². The lowest BCUT2D eigenvalue weighted by Crippen LogP contribution is -2.29. The summed E-state index contributed by atoms with van der Waals surface area (Å²) >= 11 is 0. The van der Waals surface area contributed by atoms with E-state index in [0.717, 1.165) is 25.2 Å². The van der Waals surface area contributed by atoms with Crippen LogP contribution in [-0.4, -0.2) is 39.2 Å². The molecule has 0 aromatic carbocycles. The first-order valence-electron chi connectivity index (χ1n) is 8.92. The molecule has 1 aliphatic rings. The summed E-state index contributed by atoms with van der Waals surface area (Å²) in [7, 11) is 1.88. The first-order valence-corrected chi connectivity index (χ1v) is 8.92. The maximum Gasteiger partial charge on any atom is 0.223 e. The maximum absolute atomic E-state index is 12.2. The molecular weight excluding hydrogens is 314 g/mol. The molecule has 0 bridgehead atoms. The third kappa shape index (κ3) is 4.25. The van der Waals surface area contributed by atoms with Crippen LogP contribution in [0.5, 0.6) is 0 Å². The lowest BCUT2D eigenvalue weighted by Gasteiger charge is -2.25. The third-order valence-corrected chi connectivity index (χ3v) is 4.69. The molecular formula is C19H27N5O. The summed E-state index contributed by atoms with van der Waals surface area (Å²) in [5.41, 5.74) is 2.28. The van der Waals surface area contributed by atoms with E-state index in [1.807, 2.05) is 35.1 Å². The lowest BCUT2D eigenvalue weighted by atomic mass is 9.94. The Bertz CT molecular complexity index is 697. The van der Waals surface area contributed by atoms with Crippen molar-refractivity contribution in [1.29, 1.82) is 0 Å². The highest BCUT2D eigenvalue weighted by molar-refractivity contribution is 5.79. The average molecular weight is 341 g/mol. The van der Waals surface area contributed by atoms with Gasteiger partial charge in [-0.1, -0.05) is 19.9 Å². The van der Waals surface area contributed by atoms with E-state index >= 15 is 0 Å². The fourth-order valence-electron chi connectivity index (χ4n) is 3.56. The number of nitrogens with zero attached hydrogens (tertiary/aromatic N) is 4. The fourth-order valence-corrected chi connectivity index (χ4v) is 3.56. The van der Waals surface area contributed by atoms with Crippen molar-refractivity contribution in [1.82, 2.24) is 25.0 Å². The Balaban J connectivity index is 1.58. The van der Waals surface area contributed by atoms with Crippen molar-refractivity contribution in [3.8, 4) is 0 Å². The van der Waals surface area contributed by atoms with Crippen molar-refractivity contribution >= 4 is 5.91 Å². The molecule has 0 unspecified atom stereocenters. The fraction of sp³-hybridized carbons (Fsp3) is 0.526. The zero-order valence-corrected chi connectivity index (χ0v) is 15.2. The number of likely N-dealkylation sites (tertiary alicyclic amines) is 1. The van der Waals surface area contributed by atoms with E-state index in [2.05, 4.69) is 41.5 Å². The number of pyridine rings is 1. The monoisotopic (exact) mass is 341 g/mol. The highest BCUT2D eigenvalue weighted by atomic mass is 16.2. The molecule has 2 aromatic rings. The van der Waals surface area contributed by atoms with Crippen LogP contribution in [0.2, 0.25) is 0 Å². The van der Waals surface area contributed by atoms with Gasteiger partial charge < -0.3 is 10.2 Å². The maximum atomic E-state index is 12.2. The first kappa shape index (κ1) is 17.6.